The van der Waals surface area contributed by atoms with Crippen molar-refractivity contribution in [1.29, 1.82) is 0 Å². The summed E-state index contributed by atoms with van der Waals surface area (Å²) in [7, 11) is 0. The van der Waals surface area contributed by atoms with Crippen molar-refractivity contribution in [2.24, 2.45) is 16.8 Å². The highest BCUT2D eigenvalue weighted by atomic mass is 16.5. The molecular formula is C33H48N2O4. The third-order valence-electron chi connectivity index (χ3n) is 8.50. The fourth-order valence-electron chi connectivity index (χ4n) is 6.13. The number of aliphatic hydroxyl groups is 1. The highest BCUT2D eigenvalue weighted by Crippen LogP contribution is 2.35. The monoisotopic (exact) mass is 536 g/mol. The number of rotatable bonds is 16. The summed E-state index contributed by atoms with van der Waals surface area (Å²) in [5, 5.41) is 20.8. The molecule has 0 saturated heterocycles. The second-order valence-corrected chi connectivity index (χ2v) is 12.2. The molecule has 0 aromatic heterocycles. The van der Waals surface area contributed by atoms with Crippen molar-refractivity contribution >= 4 is 12.0 Å². The van der Waals surface area contributed by atoms with E-state index in [9.17, 15) is 15.0 Å². The molecule has 0 radical (unpaired) electrons. The molecule has 0 spiro atoms. The zero-order chi connectivity index (χ0) is 27.6. The number of phenols is 1. The number of benzene rings is 1. The molecule has 2 heterocycles. The first-order chi connectivity index (χ1) is 18.9. The number of Topliss-reactive ketones (excluding diaryl/α,β-unsaturated/α-hetero) is 1. The zero-order valence-electron chi connectivity index (χ0n) is 24.0. The highest BCUT2D eigenvalue weighted by Gasteiger charge is 2.31. The number of phenolic OH excluding ortho intramolecular Hbond substituents is 1. The number of ether oxygens (including phenoxy) is 1. The molecule has 6 nitrogen and oxygen atoms in total. The van der Waals surface area contributed by atoms with Crippen LogP contribution in [0.25, 0.3) is 0 Å². The quantitative estimate of drug-likeness (QED) is 0.220. The second kappa shape index (κ2) is 14.7. The van der Waals surface area contributed by atoms with Gasteiger partial charge in [-0.05, 0) is 61.3 Å². The maximum absolute atomic E-state index is 12.5. The first-order valence-electron chi connectivity index (χ1n) is 15.3. The minimum absolute atomic E-state index is 0.0855. The standard InChI is InChI=1S/C33H48N2O4/c1-24(2)12-16-31-29-18-19-34-30(29)22-35(31)23-39-33-20-26(14-17-32(33)38)13-15-28(37)21-27(36)11-7-6-10-25-8-4-3-5-9-25/h14,17-20,22,24-25,27,31,36,38H,3-13,15-16,21,23H2,1-2H3/t27-,31?/m1/s1. The van der Waals surface area contributed by atoms with E-state index in [2.05, 4.69) is 29.8 Å². The van der Waals surface area contributed by atoms with E-state index in [1.54, 1.807) is 6.07 Å². The number of nitrogens with zero attached hydrogens (tertiary/aromatic N) is 2. The van der Waals surface area contributed by atoms with Crippen LogP contribution < -0.4 is 4.74 Å². The molecule has 214 valence electrons. The van der Waals surface area contributed by atoms with Gasteiger partial charge in [-0.25, -0.2) is 0 Å². The number of allylic oxidation sites excluding steroid dienone is 1. The molecule has 1 unspecified atom stereocenters. The number of hydrogen-bond acceptors (Lipinski definition) is 6. The third kappa shape index (κ3) is 8.96. The van der Waals surface area contributed by atoms with Crippen molar-refractivity contribution in [2.75, 3.05) is 6.73 Å². The molecule has 3 aliphatic rings. The molecule has 2 aliphatic heterocycles. The van der Waals surface area contributed by atoms with Gasteiger partial charge in [0, 0.05) is 30.8 Å². The number of aromatic hydroxyl groups is 1. The average molecular weight is 537 g/mol. The van der Waals surface area contributed by atoms with Gasteiger partial charge in [0.1, 0.15) is 5.78 Å². The summed E-state index contributed by atoms with van der Waals surface area (Å²) in [6.07, 6.45) is 19.8. The van der Waals surface area contributed by atoms with Gasteiger partial charge in [0.2, 0.25) is 0 Å². The Bertz CT molecular complexity index is 1040. The van der Waals surface area contributed by atoms with Crippen molar-refractivity contribution < 1.29 is 19.7 Å². The first kappa shape index (κ1) is 29.4. The molecule has 6 heteroatoms. The lowest BCUT2D eigenvalue weighted by Gasteiger charge is -2.27. The van der Waals surface area contributed by atoms with Crippen LogP contribution in [0, 0.1) is 11.8 Å². The van der Waals surface area contributed by atoms with Gasteiger partial charge in [-0.15, -0.1) is 0 Å². The van der Waals surface area contributed by atoms with Crippen LogP contribution in [0.1, 0.15) is 103 Å². The lowest BCUT2D eigenvalue weighted by atomic mass is 9.85. The topological polar surface area (TPSA) is 82.4 Å². The minimum Gasteiger partial charge on any atom is -0.504 e. The van der Waals surface area contributed by atoms with Crippen LogP contribution in [0.15, 0.2) is 46.7 Å². The number of fused-ring (bicyclic) bond motifs is 1. The summed E-state index contributed by atoms with van der Waals surface area (Å²) in [5.41, 5.74) is 3.18. The van der Waals surface area contributed by atoms with Crippen molar-refractivity contribution in [3.8, 4) is 11.5 Å². The predicted molar refractivity (Wildman–Crippen MR) is 157 cm³/mol. The molecule has 39 heavy (non-hydrogen) atoms. The molecule has 1 aromatic carbocycles. The summed E-state index contributed by atoms with van der Waals surface area (Å²) in [6.45, 7) is 4.79. The molecule has 1 aromatic rings. The molecule has 2 atom stereocenters. The highest BCUT2D eigenvalue weighted by molar-refractivity contribution is 5.81. The number of ketones is 1. The van der Waals surface area contributed by atoms with Gasteiger partial charge >= 0.3 is 0 Å². The fourth-order valence-corrected chi connectivity index (χ4v) is 6.13. The molecule has 0 bridgehead atoms. The van der Waals surface area contributed by atoms with Crippen LogP contribution in [0.2, 0.25) is 0 Å². The molecule has 1 aliphatic carbocycles. The Hall–Kier alpha value is -2.60. The molecule has 4 rings (SSSR count). The van der Waals surface area contributed by atoms with E-state index in [0.717, 1.165) is 42.9 Å². The maximum Gasteiger partial charge on any atom is 0.163 e. The number of hydrogen-bond donors (Lipinski definition) is 2. The number of aliphatic imine (C=N–C) groups is 1. The zero-order valence-corrected chi connectivity index (χ0v) is 24.0. The van der Waals surface area contributed by atoms with Gasteiger partial charge in [0.15, 0.2) is 18.2 Å². The number of unbranched alkanes of at least 4 members (excludes halogenated alkanes) is 1. The van der Waals surface area contributed by atoms with E-state index in [-0.39, 0.29) is 24.0 Å². The summed E-state index contributed by atoms with van der Waals surface area (Å²) in [6, 6.07) is 5.53. The summed E-state index contributed by atoms with van der Waals surface area (Å²) in [4.78, 5) is 19.1. The molecular weight excluding hydrogens is 488 g/mol. The Kier molecular flexibility index (Phi) is 11.1. The Balaban J connectivity index is 1.19. The van der Waals surface area contributed by atoms with Crippen LogP contribution >= 0.6 is 0 Å². The van der Waals surface area contributed by atoms with E-state index in [1.807, 2.05) is 24.5 Å². The van der Waals surface area contributed by atoms with Gasteiger partial charge in [-0.1, -0.05) is 71.3 Å². The van der Waals surface area contributed by atoms with Crippen molar-refractivity contribution in [3.63, 3.8) is 0 Å². The number of carbonyl (C=O) groups is 1. The SMILES string of the molecule is CC(C)CCC1C2=CC=NC2=CN1COc1cc(CCC(=O)C[C@H](O)CCCCC2CCCCC2)ccc1O. The van der Waals surface area contributed by atoms with Crippen LogP contribution in [-0.2, 0) is 11.2 Å². The average Bonchev–Trinajstić information content (AvgIpc) is 3.50. The van der Waals surface area contributed by atoms with Crippen LogP contribution in [0.5, 0.6) is 11.5 Å². The van der Waals surface area contributed by atoms with Gasteiger partial charge in [-0.2, -0.15) is 0 Å². The first-order valence-corrected chi connectivity index (χ1v) is 15.3. The van der Waals surface area contributed by atoms with Gasteiger partial charge in [0.05, 0.1) is 17.8 Å². The minimum atomic E-state index is -0.542. The van der Waals surface area contributed by atoms with Crippen molar-refractivity contribution in [1.82, 2.24) is 4.90 Å². The summed E-state index contributed by atoms with van der Waals surface area (Å²) >= 11 is 0. The van der Waals surface area contributed by atoms with E-state index in [0.29, 0.717) is 37.7 Å². The number of aryl methyl sites for hydroxylation is 1. The van der Waals surface area contributed by atoms with Gasteiger partial charge in [-0.3, -0.25) is 9.79 Å². The van der Waals surface area contributed by atoms with Crippen molar-refractivity contribution in [2.45, 2.75) is 116 Å². The van der Waals surface area contributed by atoms with Crippen LogP contribution in [0.4, 0.5) is 0 Å². The Labute approximate surface area is 234 Å². The van der Waals surface area contributed by atoms with E-state index < -0.39 is 6.10 Å². The smallest absolute Gasteiger partial charge is 0.163 e. The molecule has 1 fully saturated rings. The Morgan fingerprint density at radius 1 is 1.13 bits per heavy atom. The van der Waals surface area contributed by atoms with E-state index in [4.69, 9.17) is 4.74 Å². The molecule has 2 N–H and O–H groups in total. The van der Waals surface area contributed by atoms with Crippen molar-refractivity contribution in [3.05, 3.63) is 47.3 Å². The third-order valence-corrected chi connectivity index (χ3v) is 8.50. The van der Waals surface area contributed by atoms with E-state index >= 15 is 0 Å². The summed E-state index contributed by atoms with van der Waals surface area (Å²) < 4.78 is 6.06. The predicted octanol–water partition coefficient (Wildman–Crippen LogP) is 7.09. The molecule has 0 amide bonds. The lowest BCUT2D eigenvalue weighted by Crippen LogP contribution is -2.32. The Morgan fingerprint density at radius 3 is 2.74 bits per heavy atom. The second-order valence-electron chi connectivity index (χ2n) is 12.2. The fraction of sp³-hybridized carbons (Fsp3) is 0.636. The Morgan fingerprint density at radius 2 is 1.95 bits per heavy atom. The van der Waals surface area contributed by atoms with Gasteiger partial charge < -0.3 is 19.8 Å². The maximum atomic E-state index is 12.5. The largest absolute Gasteiger partial charge is 0.504 e. The van der Waals surface area contributed by atoms with E-state index in [1.165, 1.54) is 44.1 Å². The van der Waals surface area contributed by atoms with Crippen LogP contribution in [0.3, 0.4) is 0 Å². The van der Waals surface area contributed by atoms with Crippen LogP contribution in [-0.4, -0.2) is 46.0 Å². The normalized spacial score (nSPS) is 19.8. The molecule has 1 saturated carbocycles. The summed E-state index contributed by atoms with van der Waals surface area (Å²) in [5.74, 6) is 2.10. The van der Waals surface area contributed by atoms with Gasteiger partial charge in [0.25, 0.3) is 0 Å². The number of carbonyl (C=O) groups excluding carboxylic acids is 1. The number of aliphatic hydroxyl groups excluding tert-OH is 1. The lowest BCUT2D eigenvalue weighted by molar-refractivity contribution is -0.121.